The monoisotopic (exact) mass is 384 g/mol. The Morgan fingerprint density at radius 3 is 2.46 bits per heavy atom. The molecule has 1 fully saturated rings. The number of sulfonamides is 1. The zero-order valence-corrected chi connectivity index (χ0v) is 16.2. The highest BCUT2D eigenvalue weighted by Crippen LogP contribution is 2.29. The molecule has 0 unspecified atom stereocenters. The highest BCUT2D eigenvalue weighted by Gasteiger charge is 2.30. The standard InChI is InChI=1S/C17H21ClN2O2S2/c1-3-15-6-7-17(23-15)24(21,22)20-10-8-19(9-11-20)16-12-14(18)5-4-13(16)2/h4-7,12H,3,8-11H2,1-2H3. The van der Waals surface area contributed by atoms with Gasteiger partial charge in [-0.05, 0) is 43.2 Å². The molecule has 1 aliphatic heterocycles. The molecule has 130 valence electrons. The van der Waals surface area contributed by atoms with E-state index in [9.17, 15) is 8.42 Å². The molecule has 3 rings (SSSR count). The highest BCUT2D eigenvalue weighted by atomic mass is 35.5. The second-order valence-corrected chi connectivity index (χ2v) is 9.67. The first-order valence-electron chi connectivity index (χ1n) is 8.02. The number of piperazine rings is 1. The minimum Gasteiger partial charge on any atom is -0.369 e. The van der Waals surface area contributed by atoms with Crippen LogP contribution >= 0.6 is 22.9 Å². The van der Waals surface area contributed by atoms with Gasteiger partial charge in [-0.15, -0.1) is 11.3 Å². The predicted molar refractivity (Wildman–Crippen MR) is 101 cm³/mol. The van der Waals surface area contributed by atoms with E-state index in [0.717, 1.165) is 22.5 Å². The Balaban J connectivity index is 1.73. The lowest BCUT2D eigenvalue weighted by Crippen LogP contribution is -2.48. The van der Waals surface area contributed by atoms with Crippen molar-refractivity contribution in [1.82, 2.24) is 4.31 Å². The van der Waals surface area contributed by atoms with E-state index in [1.165, 1.54) is 11.3 Å². The largest absolute Gasteiger partial charge is 0.369 e. The van der Waals surface area contributed by atoms with Crippen LogP contribution in [-0.2, 0) is 16.4 Å². The molecule has 0 amide bonds. The summed E-state index contributed by atoms with van der Waals surface area (Å²) in [6.07, 6.45) is 0.863. The average molecular weight is 385 g/mol. The molecular weight excluding hydrogens is 364 g/mol. The van der Waals surface area contributed by atoms with Gasteiger partial charge in [0.1, 0.15) is 4.21 Å². The van der Waals surface area contributed by atoms with E-state index in [1.807, 2.05) is 38.1 Å². The lowest BCUT2D eigenvalue weighted by molar-refractivity contribution is 0.385. The van der Waals surface area contributed by atoms with E-state index in [-0.39, 0.29) is 0 Å². The maximum absolute atomic E-state index is 12.8. The van der Waals surface area contributed by atoms with E-state index in [0.29, 0.717) is 35.4 Å². The van der Waals surface area contributed by atoms with Crippen LogP contribution in [-0.4, -0.2) is 38.9 Å². The Kier molecular flexibility index (Phi) is 5.20. The predicted octanol–water partition coefficient (Wildman–Crippen LogP) is 3.78. The third-order valence-corrected chi connectivity index (χ3v) is 8.16. The van der Waals surface area contributed by atoms with Crippen molar-refractivity contribution in [2.24, 2.45) is 0 Å². The molecule has 1 aromatic carbocycles. The number of aryl methyl sites for hydroxylation is 2. The third kappa shape index (κ3) is 3.47. The van der Waals surface area contributed by atoms with Crippen molar-refractivity contribution in [1.29, 1.82) is 0 Å². The van der Waals surface area contributed by atoms with Crippen molar-refractivity contribution >= 4 is 38.6 Å². The van der Waals surface area contributed by atoms with Crippen molar-refractivity contribution in [3.8, 4) is 0 Å². The molecule has 1 aromatic heterocycles. The van der Waals surface area contributed by atoms with Crippen LogP contribution in [0.3, 0.4) is 0 Å². The van der Waals surface area contributed by atoms with E-state index in [4.69, 9.17) is 11.6 Å². The molecule has 24 heavy (non-hydrogen) atoms. The first-order valence-corrected chi connectivity index (χ1v) is 10.6. The van der Waals surface area contributed by atoms with Gasteiger partial charge >= 0.3 is 0 Å². The van der Waals surface area contributed by atoms with E-state index in [1.54, 1.807) is 10.4 Å². The van der Waals surface area contributed by atoms with Gasteiger partial charge in [-0.1, -0.05) is 24.6 Å². The van der Waals surface area contributed by atoms with Crippen LogP contribution in [0.2, 0.25) is 5.02 Å². The van der Waals surface area contributed by atoms with Gasteiger partial charge in [-0.25, -0.2) is 8.42 Å². The van der Waals surface area contributed by atoms with Crippen molar-refractivity contribution in [3.63, 3.8) is 0 Å². The van der Waals surface area contributed by atoms with Gasteiger partial charge in [-0.2, -0.15) is 4.31 Å². The van der Waals surface area contributed by atoms with Crippen LogP contribution in [0, 0.1) is 6.92 Å². The zero-order valence-electron chi connectivity index (χ0n) is 13.8. The normalized spacial score (nSPS) is 16.5. The molecule has 4 nitrogen and oxygen atoms in total. The van der Waals surface area contributed by atoms with Crippen molar-refractivity contribution in [2.45, 2.75) is 24.5 Å². The summed E-state index contributed by atoms with van der Waals surface area (Å²) in [7, 11) is -3.38. The van der Waals surface area contributed by atoms with Gasteiger partial charge < -0.3 is 4.90 Å². The van der Waals surface area contributed by atoms with Crippen LogP contribution in [0.4, 0.5) is 5.69 Å². The number of thiophene rings is 1. The smallest absolute Gasteiger partial charge is 0.252 e. The lowest BCUT2D eigenvalue weighted by Gasteiger charge is -2.36. The Hall–Kier alpha value is -1.08. The quantitative estimate of drug-likeness (QED) is 0.805. The fourth-order valence-electron chi connectivity index (χ4n) is 2.91. The van der Waals surface area contributed by atoms with Crippen LogP contribution in [0.1, 0.15) is 17.4 Å². The highest BCUT2D eigenvalue weighted by molar-refractivity contribution is 7.91. The molecule has 7 heteroatoms. The van der Waals surface area contributed by atoms with Crippen LogP contribution in [0.5, 0.6) is 0 Å². The summed E-state index contributed by atoms with van der Waals surface area (Å²) in [6, 6.07) is 9.46. The molecule has 0 aliphatic carbocycles. The molecule has 0 spiro atoms. The Bertz CT molecular complexity index is 825. The third-order valence-electron chi connectivity index (χ3n) is 4.33. The van der Waals surface area contributed by atoms with Crippen LogP contribution in [0.25, 0.3) is 0 Å². The average Bonchev–Trinajstić information content (AvgIpc) is 3.07. The molecule has 0 N–H and O–H groups in total. The summed E-state index contributed by atoms with van der Waals surface area (Å²) in [5, 5.41) is 0.705. The maximum atomic E-state index is 12.8. The van der Waals surface area contributed by atoms with Crippen molar-refractivity contribution < 1.29 is 8.42 Å². The summed E-state index contributed by atoms with van der Waals surface area (Å²) >= 11 is 7.48. The Morgan fingerprint density at radius 1 is 1.12 bits per heavy atom. The maximum Gasteiger partial charge on any atom is 0.252 e. The minimum atomic E-state index is -3.38. The second kappa shape index (κ2) is 7.04. The fraction of sp³-hybridized carbons (Fsp3) is 0.412. The molecule has 0 radical (unpaired) electrons. The number of anilines is 1. The number of nitrogens with zero attached hydrogens (tertiary/aromatic N) is 2. The van der Waals surface area contributed by atoms with Gasteiger partial charge in [0.25, 0.3) is 10.0 Å². The molecule has 2 aromatic rings. The number of hydrogen-bond acceptors (Lipinski definition) is 4. The van der Waals surface area contributed by atoms with Gasteiger partial charge in [0.2, 0.25) is 0 Å². The molecule has 0 saturated carbocycles. The summed E-state index contributed by atoms with van der Waals surface area (Å²) < 4.78 is 27.6. The van der Waals surface area contributed by atoms with Crippen molar-refractivity contribution in [2.75, 3.05) is 31.1 Å². The van der Waals surface area contributed by atoms with Crippen molar-refractivity contribution in [3.05, 3.63) is 45.8 Å². The lowest BCUT2D eigenvalue weighted by atomic mass is 10.1. The summed E-state index contributed by atoms with van der Waals surface area (Å²) in [5.74, 6) is 0. The second-order valence-electron chi connectivity index (χ2n) is 5.90. The molecule has 0 atom stereocenters. The molecule has 0 bridgehead atoms. The van der Waals surface area contributed by atoms with Crippen LogP contribution < -0.4 is 4.90 Å². The number of hydrogen-bond donors (Lipinski definition) is 0. The van der Waals surface area contributed by atoms with E-state index >= 15 is 0 Å². The minimum absolute atomic E-state index is 0.451. The SMILES string of the molecule is CCc1ccc(S(=O)(=O)N2CCN(c3cc(Cl)ccc3C)CC2)s1. The van der Waals surface area contributed by atoms with E-state index in [2.05, 4.69) is 4.90 Å². The molecular formula is C17H21ClN2O2S2. The molecule has 2 heterocycles. The van der Waals surface area contributed by atoms with Gasteiger partial charge in [0.15, 0.2) is 0 Å². The summed E-state index contributed by atoms with van der Waals surface area (Å²) in [5.41, 5.74) is 2.24. The topological polar surface area (TPSA) is 40.6 Å². The number of halogens is 1. The summed E-state index contributed by atoms with van der Waals surface area (Å²) in [6.45, 7) is 6.42. The van der Waals surface area contributed by atoms with E-state index < -0.39 is 10.0 Å². The Morgan fingerprint density at radius 2 is 1.83 bits per heavy atom. The molecule has 1 aliphatic rings. The van der Waals surface area contributed by atoms with Gasteiger partial charge in [0, 0.05) is 41.8 Å². The first kappa shape index (κ1) is 17.7. The first-order chi connectivity index (χ1) is 11.4. The zero-order chi connectivity index (χ0) is 17.3. The fourth-order valence-corrected chi connectivity index (χ4v) is 5.95. The van der Waals surface area contributed by atoms with Gasteiger partial charge in [-0.3, -0.25) is 0 Å². The van der Waals surface area contributed by atoms with Gasteiger partial charge in [0.05, 0.1) is 0 Å². The van der Waals surface area contributed by atoms with Crippen LogP contribution in [0.15, 0.2) is 34.5 Å². The molecule has 1 saturated heterocycles. The number of benzene rings is 1. The Labute approximate surface area is 152 Å². The summed E-state index contributed by atoms with van der Waals surface area (Å²) in [4.78, 5) is 3.31. The number of rotatable bonds is 4.